The van der Waals surface area contributed by atoms with Crippen molar-refractivity contribution in [2.24, 2.45) is 5.92 Å². The lowest BCUT2D eigenvalue weighted by molar-refractivity contribution is -0.123. The summed E-state index contributed by atoms with van der Waals surface area (Å²) in [6.07, 6.45) is 0.517. The van der Waals surface area contributed by atoms with Crippen molar-refractivity contribution in [1.29, 1.82) is 0 Å². The molecule has 1 saturated heterocycles. The number of benzene rings is 2. The Labute approximate surface area is 188 Å². The predicted octanol–water partition coefficient (Wildman–Crippen LogP) is 3.06. The maximum Gasteiger partial charge on any atom is 0.265 e. The number of hydrogen-bond donors (Lipinski definition) is 2. The van der Waals surface area contributed by atoms with Gasteiger partial charge in [-0.25, -0.2) is 8.42 Å². The van der Waals surface area contributed by atoms with Crippen LogP contribution in [-0.4, -0.2) is 43.7 Å². The van der Waals surface area contributed by atoms with Gasteiger partial charge < -0.3 is 15.4 Å². The average molecular weight is 458 g/mol. The van der Waals surface area contributed by atoms with Crippen LogP contribution in [0.3, 0.4) is 0 Å². The molecule has 0 unspecified atom stereocenters. The molecule has 0 saturated carbocycles. The van der Waals surface area contributed by atoms with Crippen molar-refractivity contribution in [3.05, 3.63) is 47.5 Å². The zero-order chi connectivity index (χ0) is 23.0. The number of nitrogens with one attached hydrogen (secondary N) is 2. The maximum atomic E-state index is 13.5. The molecule has 170 valence electrons. The molecule has 2 amide bonds. The third-order valence-corrected chi connectivity index (χ3v) is 7.87. The van der Waals surface area contributed by atoms with Crippen LogP contribution in [0.15, 0.2) is 41.3 Å². The van der Waals surface area contributed by atoms with Crippen molar-refractivity contribution in [3.63, 3.8) is 0 Å². The summed E-state index contributed by atoms with van der Waals surface area (Å²) in [5, 5.41) is 5.64. The lowest BCUT2D eigenvalue weighted by Crippen LogP contribution is -2.44. The molecule has 0 aliphatic carbocycles. The summed E-state index contributed by atoms with van der Waals surface area (Å²) in [7, 11) is -3.84. The van der Waals surface area contributed by atoms with Gasteiger partial charge in [0.25, 0.3) is 5.91 Å². The quantitative estimate of drug-likeness (QED) is 0.734. The van der Waals surface area contributed by atoms with Crippen LogP contribution in [0.1, 0.15) is 30.9 Å². The minimum absolute atomic E-state index is 0.116. The van der Waals surface area contributed by atoms with Gasteiger partial charge in [0.15, 0.2) is 6.10 Å². The van der Waals surface area contributed by atoms with E-state index in [0.717, 1.165) is 5.56 Å². The molecule has 1 fully saturated rings. The lowest BCUT2D eigenvalue weighted by atomic mass is 9.98. The van der Waals surface area contributed by atoms with Gasteiger partial charge >= 0.3 is 0 Å². The van der Waals surface area contributed by atoms with Crippen LogP contribution in [0.2, 0.25) is 0 Å². The summed E-state index contributed by atoms with van der Waals surface area (Å²) in [6.45, 7) is 5.70. The fraction of sp³-hybridized carbons (Fsp3) is 0.391. The number of carbonyl (C=O) groups is 2. The van der Waals surface area contributed by atoms with Crippen LogP contribution >= 0.6 is 0 Å². The highest BCUT2D eigenvalue weighted by molar-refractivity contribution is 7.89. The van der Waals surface area contributed by atoms with Crippen molar-refractivity contribution < 1.29 is 22.7 Å². The highest BCUT2D eigenvalue weighted by Gasteiger charge is 2.35. The van der Waals surface area contributed by atoms with E-state index in [1.54, 1.807) is 19.9 Å². The average Bonchev–Trinajstić information content (AvgIpc) is 2.74. The van der Waals surface area contributed by atoms with Crippen LogP contribution in [0, 0.1) is 19.8 Å². The van der Waals surface area contributed by atoms with E-state index in [4.69, 9.17) is 4.74 Å². The monoisotopic (exact) mass is 457 g/mol. The first kappa shape index (κ1) is 22.3. The number of piperidine rings is 1. The van der Waals surface area contributed by atoms with Crippen molar-refractivity contribution in [2.75, 3.05) is 23.7 Å². The van der Waals surface area contributed by atoms with Gasteiger partial charge in [-0.1, -0.05) is 12.1 Å². The van der Waals surface area contributed by atoms with Gasteiger partial charge in [0.05, 0.1) is 16.5 Å². The van der Waals surface area contributed by atoms with Crippen molar-refractivity contribution in [3.8, 4) is 5.75 Å². The molecule has 0 spiro atoms. The van der Waals surface area contributed by atoms with Gasteiger partial charge in [-0.05, 0) is 62.9 Å². The van der Waals surface area contributed by atoms with Crippen LogP contribution in [0.4, 0.5) is 11.4 Å². The normalized spacial score (nSPS) is 21.3. The van der Waals surface area contributed by atoms with Crippen LogP contribution < -0.4 is 15.4 Å². The molecular formula is C23H27N3O5S. The van der Waals surface area contributed by atoms with Gasteiger partial charge in [0, 0.05) is 24.8 Å². The number of ether oxygens (including phenoxy) is 1. The van der Waals surface area contributed by atoms with Gasteiger partial charge in [0.2, 0.25) is 15.9 Å². The van der Waals surface area contributed by atoms with E-state index in [-0.39, 0.29) is 23.3 Å². The highest BCUT2D eigenvalue weighted by atomic mass is 32.2. The topological polar surface area (TPSA) is 105 Å². The van der Waals surface area contributed by atoms with Crippen LogP contribution in [-0.2, 0) is 19.6 Å². The summed E-state index contributed by atoms with van der Waals surface area (Å²) in [4.78, 5) is 24.8. The third-order valence-electron chi connectivity index (χ3n) is 5.87. The summed E-state index contributed by atoms with van der Waals surface area (Å²) in [5.74, 6) is -0.567. The molecule has 0 radical (unpaired) electrons. The number of hydrogen-bond acceptors (Lipinski definition) is 5. The summed E-state index contributed by atoms with van der Waals surface area (Å²) < 4.78 is 33.9. The Morgan fingerprint density at radius 2 is 2.00 bits per heavy atom. The van der Waals surface area contributed by atoms with Crippen molar-refractivity contribution >= 4 is 33.2 Å². The first-order valence-electron chi connectivity index (χ1n) is 10.6. The first-order chi connectivity index (χ1) is 15.1. The standard InChI is InChI=1S/C23H27N3O5S/c1-14-6-4-8-18(10-14)24-23(28)17-7-5-9-26(13-17)32(29,30)21-12-20-19(11-15(21)2)25-22(27)16(3)31-20/h4,6,8,10-12,16-17H,5,7,9,13H2,1-3H3,(H,24,28)(H,25,27)/t16-,17-/m0/s1. The van der Waals surface area contributed by atoms with E-state index in [9.17, 15) is 18.0 Å². The summed E-state index contributed by atoms with van der Waals surface area (Å²) in [6, 6.07) is 10.6. The minimum Gasteiger partial charge on any atom is -0.479 e. The molecule has 0 aromatic heterocycles. The second-order valence-electron chi connectivity index (χ2n) is 8.42. The molecular weight excluding hydrogens is 430 g/mol. The number of carbonyl (C=O) groups excluding carboxylic acids is 2. The van der Waals surface area contributed by atoms with E-state index < -0.39 is 22.0 Å². The van der Waals surface area contributed by atoms with E-state index in [1.165, 1.54) is 10.4 Å². The Bertz CT molecular complexity index is 1180. The molecule has 2 aliphatic heterocycles. The minimum atomic E-state index is -3.84. The number of aryl methyl sites for hydroxylation is 2. The Hall–Kier alpha value is -2.91. The van der Waals surface area contributed by atoms with Gasteiger partial charge in [-0.2, -0.15) is 4.31 Å². The molecule has 4 rings (SSSR count). The molecule has 2 aliphatic rings. The number of anilines is 2. The fourth-order valence-electron chi connectivity index (χ4n) is 4.10. The molecule has 2 N–H and O–H groups in total. The smallest absolute Gasteiger partial charge is 0.265 e. The van der Waals surface area contributed by atoms with E-state index in [1.807, 2.05) is 31.2 Å². The number of sulfonamides is 1. The summed E-state index contributed by atoms with van der Waals surface area (Å²) in [5.41, 5.74) is 2.70. The van der Waals surface area contributed by atoms with Gasteiger partial charge in [0.1, 0.15) is 5.75 Å². The second kappa shape index (κ2) is 8.55. The number of rotatable bonds is 4. The molecule has 2 atom stereocenters. The lowest BCUT2D eigenvalue weighted by Gasteiger charge is -2.32. The largest absolute Gasteiger partial charge is 0.479 e. The molecule has 8 nitrogen and oxygen atoms in total. The number of fused-ring (bicyclic) bond motifs is 1. The van der Waals surface area contributed by atoms with Crippen molar-refractivity contribution in [2.45, 2.75) is 44.6 Å². The molecule has 0 bridgehead atoms. The fourth-order valence-corrected chi connectivity index (χ4v) is 5.85. The molecule has 2 aromatic rings. The highest BCUT2D eigenvalue weighted by Crippen LogP contribution is 2.36. The van der Waals surface area contributed by atoms with Crippen LogP contribution in [0.5, 0.6) is 5.75 Å². The maximum absolute atomic E-state index is 13.5. The SMILES string of the molecule is Cc1cccc(NC(=O)[C@H]2CCCN(S(=O)(=O)c3cc4c(cc3C)NC(=O)[C@H](C)O4)C2)c1. The van der Waals surface area contributed by atoms with Crippen molar-refractivity contribution in [1.82, 2.24) is 4.31 Å². The Morgan fingerprint density at radius 1 is 1.22 bits per heavy atom. The van der Waals surface area contributed by atoms with Gasteiger partial charge in [-0.3, -0.25) is 9.59 Å². The Kier molecular flexibility index (Phi) is 5.96. The molecule has 9 heteroatoms. The van der Waals surface area contributed by atoms with E-state index in [0.29, 0.717) is 42.1 Å². The number of nitrogens with zero attached hydrogens (tertiary/aromatic N) is 1. The van der Waals surface area contributed by atoms with Gasteiger partial charge in [-0.15, -0.1) is 0 Å². The molecule has 2 heterocycles. The predicted molar refractivity (Wildman–Crippen MR) is 121 cm³/mol. The second-order valence-corrected chi connectivity index (χ2v) is 10.3. The zero-order valence-electron chi connectivity index (χ0n) is 18.3. The number of amides is 2. The molecule has 32 heavy (non-hydrogen) atoms. The third kappa shape index (κ3) is 4.35. The Balaban J connectivity index is 1.54. The first-order valence-corrected chi connectivity index (χ1v) is 12.1. The van der Waals surface area contributed by atoms with E-state index in [2.05, 4.69) is 10.6 Å². The molecule has 2 aromatic carbocycles. The van der Waals surface area contributed by atoms with Crippen LogP contribution in [0.25, 0.3) is 0 Å². The zero-order valence-corrected chi connectivity index (χ0v) is 19.2. The summed E-state index contributed by atoms with van der Waals surface area (Å²) >= 11 is 0. The van der Waals surface area contributed by atoms with E-state index >= 15 is 0 Å². The Morgan fingerprint density at radius 3 is 2.75 bits per heavy atom.